The minimum atomic E-state index is -0.181. The lowest BCUT2D eigenvalue weighted by molar-refractivity contribution is -0.113. The first-order chi connectivity index (χ1) is 10.1. The van der Waals surface area contributed by atoms with Gasteiger partial charge in [0.05, 0.1) is 11.1 Å². The number of carbonyl (C=O) groups excluding carboxylic acids is 1. The Balaban J connectivity index is 1.70. The zero-order valence-corrected chi connectivity index (χ0v) is 13.3. The van der Waals surface area contributed by atoms with Crippen LogP contribution in [0, 0.1) is 6.92 Å². The number of aryl methyl sites for hydroxylation is 1. The second-order valence-corrected chi connectivity index (χ2v) is 7.21. The lowest BCUT2D eigenvalue weighted by atomic mass is 10.4. The maximum absolute atomic E-state index is 11.9. The number of thioether (sulfide) groups is 1. The van der Waals surface area contributed by atoms with Crippen LogP contribution in [0.1, 0.15) is 4.88 Å². The Morgan fingerprint density at radius 2 is 2.38 bits per heavy atom. The van der Waals surface area contributed by atoms with E-state index in [0.717, 1.165) is 4.88 Å². The Labute approximate surface area is 131 Å². The standard InChI is InChI=1S/C12H10N4O2S3/c1-6-4-7-9(18)15-12(16-10(7)21-6)20-5-8(17)14-11-13-2-3-19-11/h2-4H,5H2,1H3,(H,13,14,17)(H,15,16,18). The molecule has 0 aromatic carbocycles. The van der Waals surface area contributed by atoms with Gasteiger partial charge < -0.3 is 10.3 Å². The van der Waals surface area contributed by atoms with Gasteiger partial charge in [-0.1, -0.05) is 11.8 Å². The van der Waals surface area contributed by atoms with Gasteiger partial charge in [-0.2, -0.15) is 0 Å². The van der Waals surface area contributed by atoms with Gasteiger partial charge in [0.2, 0.25) is 5.91 Å². The number of nitrogens with zero attached hydrogens (tertiary/aromatic N) is 2. The largest absolute Gasteiger partial charge is 0.301 e. The average Bonchev–Trinajstić information content (AvgIpc) is 3.05. The molecule has 3 aromatic rings. The topological polar surface area (TPSA) is 87.7 Å². The fraction of sp³-hybridized carbons (Fsp3) is 0.167. The number of amides is 1. The van der Waals surface area contributed by atoms with Gasteiger partial charge in [0.15, 0.2) is 10.3 Å². The summed E-state index contributed by atoms with van der Waals surface area (Å²) in [7, 11) is 0. The van der Waals surface area contributed by atoms with Crippen LogP contribution < -0.4 is 10.9 Å². The first-order valence-electron chi connectivity index (χ1n) is 5.94. The first-order valence-corrected chi connectivity index (χ1v) is 8.62. The zero-order valence-electron chi connectivity index (χ0n) is 10.9. The van der Waals surface area contributed by atoms with Crippen LogP contribution in [-0.4, -0.2) is 26.6 Å². The van der Waals surface area contributed by atoms with Crippen molar-refractivity contribution in [2.75, 3.05) is 11.1 Å². The van der Waals surface area contributed by atoms with E-state index in [1.165, 1.54) is 34.4 Å². The number of H-pyrrole nitrogens is 1. The summed E-state index contributed by atoms with van der Waals surface area (Å²) in [6.07, 6.45) is 1.62. The van der Waals surface area contributed by atoms with Gasteiger partial charge in [-0.3, -0.25) is 9.59 Å². The van der Waals surface area contributed by atoms with Crippen molar-refractivity contribution in [3.63, 3.8) is 0 Å². The Hall–Kier alpha value is -1.71. The van der Waals surface area contributed by atoms with Gasteiger partial charge in [0.1, 0.15) is 4.83 Å². The molecule has 0 spiro atoms. The second-order valence-electron chi connectivity index (χ2n) is 4.12. The molecule has 0 aliphatic carbocycles. The molecule has 0 aliphatic rings. The number of hydrogen-bond acceptors (Lipinski definition) is 7. The summed E-state index contributed by atoms with van der Waals surface area (Å²) in [5.74, 6) is -0.0154. The molecule has 0 saturated heterocycles. The molecular formula is C12H10N4O2S3. The molecule has 21 heavy (non-hydrogen) atoms. The summed E-state index contributed by atoms with van der Waals surface area (Å²) in [4.78, 5) is 36.4. The van der Waals surface area contributed by atoms with Crippen molar-refractivity contribution in [3.05, 3.63) is 32.9 Å². The highest BCUT2D eigenvalue weighted by Gasteiger charge is 2.10. The van der Waals surface area contributed by atoms with Crippen molar-refractivity contribution in [2.45, 2.75) is 12.1 Å². The molecule has 0 aliphatic heterocycles. The molecule has 2 N–H and O–H groups in total. The van der Waals surface area contributed by atoms with Crippen molar-refractivity contribution in [3.8, 4) is 0 Å². The maximum Gasteiger partial charge on any atom is 0.260 e. The van der Waals surface area contributed by atoms with E-state index in [1.54, 1.807) is 11.6 Å². The maximum atomic E-state index is 11.9. The number of fused-ring (bicyclic) bond motifs is 1. The highest BCUT2D eigenvalue weighted by Crippen LogP contribution is 2.22. The molecule has 108 valence electrons. The smallest absolute Gasteiger partial charge is 0.260 e. The van der Waals surface area contributed by atoms with E-state index in [1.807, 2.05) is 13.0 Å². The van der Waals surface area contributed by atoms with E-state index in [0.29, 0.717) is 20.5 Å². The Kier molecular flexibility index (Phi) is 4.04. The number of aromatic amines is 1. The number of thiazole rings is 1. The summed E-state index contributed by atoms with van der Waals surface area (Å²) in [6.45, 7) is 1.93. The third kappa shape index (κ3) is 3.31. The Morgan fingerprint density at radius 3 is 3.14 bits per heavy atom. The summed E-state index contributed by atoms with van der Waals surface area (Å²) in [6, 6.07) is 1.81. The second kappa shape index (κ2) is 5.96. The van der Waals surface area contributed by atoms with Crippen LogP contribution in [0.15, 0.2) is 27.6 Å². The van der Waals surface area contributed by atoms with Crippen LogP contribution in [-0.2, 0) is 4.79 Å². The quantitative estimate of drug-likeness (QED) is 0.564. The number of carbonyl (C=O) groups is 1. The van der Waals surface area contributed by atoms with Gasteiger partial charge in [-0.15, -0.1) is 22.7 Å². The van der Waals surface area contributed by atoms with E-state index in [9.17, 15) is 9.59 Å². The molecule has 9 heteroatoms. The summed E-state index contributed by atoms with van der Waals surface area (Å²) in [5, 5.41) is 6.07. The number of anilines is 1. The van der Waals surface area contributed by atoms with E-state index < -0.39 is 0 Å². The minimum absolute atomic E-state index is 0.165. The van der Waals surface area contributed by atoms with Crippen LogP contribution in [0.2, 0.25) is 0 Å². The van der Waals surface area contributed by atoms with Gasteiger partial charge in [0.25, 0.3) is 5.56 Å². The SMILES string of the molecule is Cc1cc2c(=O)[nH]c(SCC(=O)Nc3nccs3)nc2s1. The summed E-state index contributed by atoms with van der Waals surface area (Å²) in [5.41, 5.74) is -0.174. The molecule has 6 nitrogen and oxygen atoms in total. The van der Waals surface area contributed by atoms with Crippen molar-refractivity contribution in [1.82, 2.24) is 15.0 Å². The van der Waals surface area contributed by atoms with Crippen LogP contribution in [0.4, 0.5) is 5.13 Å². The molecule has 3 rings (SSSR count). The van der Waals surface area contributed by atoms with Crippen molar-refractivity contribution in [1.29, 1.82) is 0 Å². The summed E-state index contributed by atoms with van der Waals surface area (Å²) >= 11 is 4.01. The minimum Gasteiger partial charge on any atom is -0.301 e. The van der Waals surface area contributed by atoms with Crippen LogP contribution in [0.3, 0.4) is 0 Å². The van der Waals surface area contributed by atoms with Gasteiger partial charge in [-0.25, -0.2) is 9.97 Å². The van der Waals surface area contributed by atoms with Crippen molar-refractivity contribution >= 4 is 55.7 Å². The van der Waals surface area contributed by atoms with Crippen LogP contribution in [0.5, 0.6) is 0 Å². The fourth-order valence-corrected chi connectivity index (χ4v) is 3.82. The van der Waals surface area contributed by atoms with Gasteiger partial charge in [-0.05, 0) is 13.0 Å². The number of thiophene rings is 1. The Morgan fingerprint density at radius 1 is 1.52 bits per heavy atom. The van der Waals surface area contributed by atoms with E-state index in [4.69, 9.17) is 0 Å². The first kappa shape index (κ1) is 14.2. The highest BCUT2D eigenvalue weighted by molar-refractivity contribution is 7.99. The predicted molar refractivity (Wildman–Crippen MR) is 86.4 cm³/mol. The van der Waals surface area contributed by atoms with Crippen molar-refractivity contribution in [2.24, 2.45) is 0 Å². The molecule has 3 heterocycles. The molecule has 3 aromatic heterocycles. The van der Waals surface area contributed by atoms with E-state index in [2.05, 4.69) is 20.3 Å². The number of aromatic nitrogens is 3. The third-order valence-electron chi connectivity index (χ3n) is 2.52. The fourth-order valence-electron chi connectivity index (χ4n) is 1.68. The lowest BCUT2D eigenvalue weighted by Gasteiger charge is -2.01. The van der Waals surface area contributed by atoms with Gasteiger partial charge in [0, 0.05) is 16.5 Å². The lowest BCUT2D eigenvalue weighted by Crippen LogP contribution is -2.15. The number of hydrogen-bond donors (Lipinski definition) is 2. The van der Waals surface area contributed by atoms with Crippen LogP contribution >= 0.6 is 34.4 Å². The monoisotopic (exact) mass is 338 g/mol. The summed E-state index contributed by atoms with van der Waals surface area (Å²) < 4.78 is 0. The molecule has 0 saturated carbocycles. The molecule has 0 atom stereocenters. The third-order valence-corrected chi connectivity index (χ3v) is 5.03. The molecule has 0 fully saturated rings. The van der Waals surface area contributed by atoms with Crippen molar-refractivity contribution < 1.29 is 4.79 Å². The predicted octanol–water partition coefficient (Wildman–Crippen LogP) is 2.48. The van der Waals surface area contributed by atoms with E-state index in [-0.39, 0.29) is 17.2 Å². The molecule has 0 radical (unpaired) electrons. The normalized spacial score (nSPS) is 10.9. The highest BCUT2D eigenvalue weighted by atomic mass is 32.2. The van der Waals surface area contributed by atoms with Gasteiger partial charge >= 0.3 is 0 Å². The Bertz CT molecular complexity index is 838. The van der Waals surface area contributed by atoms with E-state index >= 15 is 0 Å². The zero-order chi connectivity index (χ0) is 14.8. The molecular weight excluding hydrogens is 328 g/mol. The number of nitrogens with one attached hydrogen (secondary N) is 2. The number of rotatable bonds is 4. The van der Waals surface area contributed by atoms with Crippen LogP contribution in [0.25, 0.3) is 10.2 Å². The average molecular weight is 338 g/mol. The molecule has 0 unspecified atom stereocenters. The molecule has 1 amide bonds. The molecule has 0 bridgehead atoms.